The number of nitrogens with zero attached hydrogens (tertiary/aromatic N) is 1. The summed E-state index contributed by atoms with van der Waals surface area (Å²) in [5, 5.41) is 19.0. The first-order valence-electron chi connectivity index (χ1n) is 11.2. The quantitative estimate of drug-likeness (QED) is 0.145. The lowest BCUT2D eigenvalue weighted by Gasteiger charge is -2.15. The van der Waals surface area contributed by atoms with E-state index in [2.05, 4.69) is 15.0 Å². The summed E-state index contributed by atoms with van der Waals surface area (Å²) >= 11 is 1.20. The fraction of sp³-hybridized carbons (Fsp3) is 0.167. The molecule has 17 heteroatoms. The summed E-state index contributed by atoms with van der Waals surface area (Å²) < 4.78 is 58.7. The Morgan fingerprint density at radius 3 is 2.10 bits per heavy atom. The van der Waals surface area contributed by atoms with Crippen molar-refractivity contribution in [3.05, 3.63) is 77.2 Å². The largest absolute Gasteiger partial charge is 0.490 e. The standard InChI is InChI=1S/C22H23N5O5S2.C2HF3O2/c23-22(24)26-12-14-6-4-5-9-16(14)18-10-11-19(33-18)20(28)25-13-17(21(29)30)27-34(31,32)15-7-2-1-3-8-15;3-2(4,5)1(6)7/h1-11,17,27H,12-13H2,(H,25,28)(H,29,30)(H4,23,24,26);(H,6,7)/t17-;/m0./s1. The van der Waals surface area contributed by atoms with Crippen molar-refractivity contribution in [3.63, 3.8) is 0 Å². The Balaban J connectivity index is 0.000000745. The van der Waals surface area contributed by atoms with Gasteiger partial charge in [0.1, 0.15) is 6.04 Å². The fourth-order valence-electron chi connectivity index (χ4n) is 3.00. The van der Waals surface area contributed by atoms with Crippen LogP contribution in [0.25, 0.3) is 10.4 Å². The van der Waals surface area contributed by atoms with Crippen LogP contribution in [0.15, 0.2) is 76.6 Å². The molecule has 0 saturated heterocycles. The van der Waals surface area contributed by atoms with Crippen LogP contribution in [0, 0.1) is 0 Å². The molecule has 0 aliphatic heterocycles. The maximum atomic E-state index is 12.6. The number of carbonyl (C=O) groups is 3. The van der Waals surface area contributed by atoms with Gasteiger partial charge >= 0.3 is 18.1 Å². The maximum Gasteiger partial charge on any atom is 0.490 e. The van der Waals surface area contributed by atoms with E-state index in [0.717, 1.165) is 16.0 Å². The number of thiophene rings is 1. The maximum absolute atomic E-state index is 12.6. The summed E-state index contributed by atoms with van der Waals surface area (Å²) in [6.07, 6.45) is -5.08. The Labute approximate surface area is 235 Å². The molecule has 3 aromatic rings. The number of benzene rings is 2. The summed E-state index contributed by atoms with van der Waals surface area (Å²) in [5.74, 6) is -4.73. The zero-order valence-electron chi connectivity index (χ0n) is 20.8. The van der Waals surface area contributed by atoms with Crippen molar-refractivity contribution in [1.82, 2.24) is 10.0 Å². The number of aliphatic carboxylic acids is 2. The van der Waals surface area contributed by atoms with Gasteiger partial charge in [0.25, 0.3) is 5.91 Å². The third-order valence-corrected chi connectivity index (χ3v) is 7.51. The molecule has 3 rings (SSSR count). The summed E-state index contributed by atoms with van der Waals surface area (Å²) in [5.41, 5.74) is 12.6. The second-order valence-corrected chi connectivity index (χ2v) is 10.7. The average molecular weight is 616 g/mol. The number of carboxylic acids is 2. The topological polar surface area (TPSA) is 214 Å². The normalized spacial score (nSPS) is 11.9. The zero-order valence-corrected chi connectivity index (χ0v) is 22.5. The molecule has 0 aliphatic rings. The SMILES string of the molecule is NC(N)=NCc1ccccc1-c1ccc(C(=O)NC[C@H](NS(=O)(=O)c2ccccc2)C(=O)O)s1.O=C(O)C(F)(F)F. The molecule has 2 aromatic carbocycles. The van der Waals surface area contributed by atoms with Gasteiger partial charge in [0.2, 0.25) is 10.0 Å². The molecule has 41 heavy (non-hydrogen) atoms. The number of carbonyl (C=O) groups excluding carboxylic acids is 1. The third-order valence-electron chi connectivity index (χ3n) is 4.90. The van der Waals surface area contributed by atoms with Gasteiger partial charge in [-0.3, -0.25) is 9.59 Å². The van der Waals surface area contributed by atoms with E-state index >= 15 is 0 Å². The molecule has 0 radical (unpaired) electrons. The molecule has 1 aromatic heterocycles. The highest BCUT2D eigenvalue weighted by Crippen LogP contribution is 2.31. The summed E-state index contributed by atoms with van der Waals surface area (Å²) in [4.78, 5) is 38.2. The lowest BCUT2D eigenvalue weighted by Crippen LogP contribution is -2.48. The van der Waals surface area contributed by atoms with Crippen LogP contribution in [-0.4, -0.2) is 61.2 Å². The van der Waals surface area contributed by atoms with E-state index in [0.29, 0.717) is 4.88 Å². The van der Waals surface area contributed by atoms with E-state index in [4.69, 9.17) is 21.4 Å². The van der Waals surface area contributed by atoms with Crippen molar-refractivity contribution < 1.29 is 46.2 Å². The summed E-state index contributed by atoms with van der Waals surface area (Å²) in [7, 11) is -4.07. The number of aliphatic imine (C=N–C) groups is 1. The van der Waals surface area contributed by atoms with Crippen molar-refractivity contribution in [1.29, 1.82) is 0 Å². The first-order valence-corrected chi connectivity index (χ1v) is 13.5. The number of alkyl halides is 3. The number of guanidine groups is 1. The second-order valence-electron chi connectivity index (χ2n) is 7.90. The molecule has 0 bridgehead atoms. The number of rotatable bonds is 10. The van der Waals surface area contributed by atoms with Crippen LogP contribution in [-0.2, 0) is 26.2 Å². The molecule has 12 nitrogen and oxygen atoms in total. The minimum atomic E-state index is -5.08. The highest BCUT2D eigenvalue weighted by molar-refractivity contribution is 7.89. The summed E-state index contributed by atoms with van der Waals surface area (Å²) in [6, 6.07) is 16.7. The molecule has 0 unspecified atom stereocenters. The van der Waals surface area contributed by atoms with Gasteiger partial charge in [-0.1, -0.05) is 42.5 Å². The second kappa shape index (κ2) is 14.2. The van der Waals surface area contributed by atoms with Crippen LogP contribution in [0.2, 0.25) is 0 Å². The molecule has 1 heterocycles. The first kappa shape index (κ1) is 32.7. The highest BCUT2D eigenvalue weighted by Gasteiger charge is 2.38. The number of amides is 1. The van der Waals surface area contributed by atoms with Gasteiger partial charge in [-0.15, -0.1) is 11.3 Å². The number of nitrogens with one attached hydrogen (secondary N) is 2. The molecule has 0 saturated carbocycles. The van der Waals surface area contributed by atoms with E-state index in [1.165, 1.54) is 35.6 Å². The molecule has 220 valence electrons. The third kappa shape index (κ3) is 10.2. The Kier molecular flexibility index (Phi) is 11.4. The van der Waals surface area contributed by atoms with Crippen molar-refractivity contribution in [2.45, 2.75) is 23.7 Å². The van der Waals surface area contributed by atoms with E-state index in [9.17, 15) is 36.3 Å². The van der Waals surface area contributed by atoms with Crippen molar-refractivity contribution in [2.24, 2.45) is 16.5 Å². The number of halogens is 3. The number of carboxylic acid groups (broad SMARTS) is 2. The lowest BCUT2D eigenvalue weighted by atomic mass is 10.1. The average Bonchev–Trinajstić information content (AvgIpc) is 3.40. The van der Waals surface area contributed by atoms with Crippen LogP contribution in [0.1, 0.15) is 15.2 Å². The molecule has 8 N–H and O–H groups in total. The molecular weight excluding hydrogens is 591 g/mol. The van der Waals surface area contributed by atoms with Gasteiger partial charge in [0, 0.05) is 11.4 Å². The highest BCUT2D eigenvalue weighted by atomic mass is 32.2. The van der Waals surface area contributed by atoms with Crippen LogP contribution < -0.4 is 21.5 Å². The minimum absolute atomic E-state index is 0.0306. The lowest BCUT2D eigenvalue weighted by molar-refractivity contribution is -0.192. The predicted octanol–water partition coefficient (Wildman–Crippen LogP) is 1.98. The van der Waals surface area contributed by atoms with E-state index in [-0.39, 0.29) is 17.4 Å². The minimum Gasteiger partial charge on any atom is -0.480 e. The number of nitrogens with two attached hydrogens (primary N) is 2. The number of sulfonamides is 1. The van der Waals surface area contributed by atoms with Gasteiger partial charge in [-0.25, -0.2) is 18.2 Å². The van der Waals surface area contributed by atoms with Gasteiger partial charge < -0.3 is 27.0 Å². The van der Waals surface area contributed by atoms with Gasteiger partial charge in [-0.2, -0.15) is 17.9 Å². The molecule has 1 atom stereocenters. The fourth-order valence-corrected chi connectivity index (χ4v) is 5.19. The molecule has 0 spiro atoms. The molecule has 1 amide bonds. The van der Waals surface area contributed by atoms with E-state index in [1.807, 2.05) is 24.3 Å². The first-order chi connectivity index (χ1) is 19.1. The van der Waals surface area contributed by atoms with Gasteiger partial charge in [-0.05, 0) is 35.4 Å². The Morgan fingerprint density at radius 2 is 1.54 bits per heavy atom. The summed E-state index contributed by atoms with van der Waals surface area (Å²) in [6.45, 7) is -0.158. The van der Waals surface area contributed by atoms with Crippen molar-refractivity contribution >= 4 is 45.2 Å². The van der Waals surface area contributed by atoms with Crippen LogP contribution in [0.4, 0.5) is 13.2 Å². The van der Waals surface area contributed by atoms with Crippen molar-refractivity contribution in [2.75, 3.05) is 6.54 Å². The number of hydrogen-bond donors (Lipinski definition) is 6. The monoisotopic (exact) mass is 615 g/mol. The predicted molar refractivity (Wildman–Crippen MR) is 143 cm³/mol. The van der Waals surface area contributed by atoms with Gasteiger partial charge in [0.15, 0.2) is 5.96 Å². The van der Waals surface area contributed by atoms with E-state index in [1.54, 1.807) is 18.2 Å². The molecular formula is C24H24F3N5O7S2. The zero-order chi connectivity index (χ0) is 30.8. The molecule has 0 aliphatic carbocycles. The Hall–Kier alpha value is -4.48. The molecule has 0 fully saturated rings. The Bertz CT molecular complexity index is 1510. The number of hydrogen-bond acceptors (Lipinski definition) is 7. The van der Waals surface area contributed by atoms with Crippen LogP contribution in [0.3, 0.4) is 0 Å². The van der Waals surface area contributed by atoms with Crippen LogP contribution >= 0.6 is 11.3 Å². The van der Waals surface area contributed by atoms with Crippen molar-refractivity contribution in [3.8, 4) is 10.4 Å². The van der Waals surface area contributed by atoms with Gasteiger partial charge in [0.05, 0.1) is 16.3 Å². The smallest absolute Gasteiger partial charge is 0.480 e. The van der Waals surface area contributed by atoms with E-state index < -0.39 is 46.6 Å². The Morgan fingerprint density at radius 1 is 0.951 bits per heavy atom. The van der Waals surface area contributed by atoms with Crippen LogP contribution in [0.5, 0.6) is 0 Å².